The zero-order chi connectivity index (χ0) is 39.1. The lowest BCUT2D eigenvalue weighted by Gasteiger charge is -2.27. The lowest BCUT2D eigenvalue weighted by Crippen LogP contribution is -2.10. The van der Waals surface area contributed by atoms with Gasteiger partial charge in [0.1, 0.15) is 0 Å². The zero-order valence-electron chi connectivity index (χ0n) is 32.5. The predicted molar refractivity (Wildman–Crippen MR) is 253 cm³/mol. The highest BCUT2D eigenvalue weighted by Gasteiger charge is 2.18. The van der Waals surface area contributed by atoms with Crippen LogP contribution in [0.5, 0.6) is 0 Å². The summed E-state index contributed by atoms with van der Waals surface area (Å²) in [5.74, 6) is 0. The van der Waals surface area contributed by atoms with Gasteiger partial charge in [0.25, 0.3) is 0 Å². The summed E-state index contributed by atoms with van der Waals surface area (Å²) in [5.41, 5.74) is 12.9. The summed E-state index contributed by atoms with van der Waals surface area (Å²) in [4.78, 5) is 2.39. The highest BCUT2D eigenvalue weighted by atomic mass is 15.1. The van der Waals surface area contributed by atoms with Crippen molar-refractivity contribution >= 4 is 60.2 Å². The second kappa shape index (κ2) is 14.6. The number of hydrogen-bond donors (Lipinski definition) is 0. The minimum Gasteiger partial charge on any atom is -0.310 e. The molecule has 0 saturated heterocycles. The lowest BCUT2D eigenvalue weighted by molar-refractivity contribution is 1.28. The Morgan fingerprint density at radius 2 is 0.695 bits per heavy atom. The highest BCUT2D eigenvalue weighted by Crippen LogP contribution is 2.43. The van der Waals surface area contributed by atoms with Crippen LogP contribution in [0.15, 0.2) is 237 Å². The molecule has 0 spiro atoms. The van der Waals surface area contributed by atoms with E-state index in [4.69, 9.17) is 0 Å². The van der Waals surface area contributed by atoms with Gasteiger partial charge in [-0.25, -0.2) is 0 Å². The van der Waals surface area contributed by atoms with Gasteiger partial charge in [0.05, 0.1) is 0 Å². The molecule has 1 heteroatoms. The van der Waals surface area contributed by atoms with Gasteiger partial charge in [0, 0.05) is 17.1 Å². The number of hydrogen-bond acceptors (Lipinski definition) is 1. The van der Waals surface area contributed by atoms with E-state index in [1.807, 2.05) is 0 Å². The molecule has 0 radical (unpaired) electrons. The Morgan fingerprint density at radius 3 is 1.41 bits per heavy atom. The standard InChI is InChI=1S/C58H39N/c1-3-11-40(12-4-1)42-27-31-51(32-28-42)59(53-35-36-54(44-14-5-2-6-15-44)56(39-53)50-26-19-41-13-7-8-17-48(41)37-50)52-33-29-43(30-34-52)49-25-22-46-21-24-47-23-20-45-16-9-10-18-55(45)58(47)57(46)38-49/h1-39H. The van der Waals surface area contributed by atoms with Gasteiger partial charge >= 0.3 is 0 Å². The van der Waals surface area contributed by atoms with Crippen LogP contribution in [0.3, 0.4) is 0 Å². The van der Waals surface area contributed by atoms with E-state index in [1.54, 1.807) is 0 Å². The van der Waals surface area contributed by atoms with Gasteiger partial charge in [-0.05, 0) is 136 Å². The quantitative estimate of drug-likeness (QED) is 0.147. The molecule has 0 aliphatic carbocycles. The van der Waals surface area contributed by atoms with E-state index in [0.29, 0.717) is 0 Å². The van der Waals surface area contributed by atoms with Crippen LogP contribution < -0.4 is 4.90 Å². The van der Waals surface area contributed by atoms with Crippen molar-refractivity contribution < 1.29 is 0 Å². The van der Waals surface area contributed by atoms with E-state index >= 15 is 0 Å². The molecule has 276 valence electrons. The number of rotatable bonds is 7. The minimum atomic E-state index is 1.09. The molecule has 11 rings (SSSR count). The topological polar surface area (TPSA) is 3.24 Å². The Bertz CT molecular complexity index is 3290. The number of fused-ring (bicyclic) bond motifs is 6. The SMILES string of the molecule is c1ccc(-c2ccc(N(c3ccc(-c4ccc5ccc6ccc7ccccc7c6c5c4)cc3)c3ccc(-c4ccccc4)c(-c4ccc5ccccc5c4)c3)cc2)cc1. The Kier molecular flexibility index (Phi) is 8.56. The molecule has 0 amide bonds. The fraction of sp³-hybridized carbons (Fsp3) is 0. The maximum Gasteiger partial charge on any atom is 0.0468 e. The number of anilines is 3. The minimum absolute atomic E-state index is 1.09. The van der Waals surface area contributed by atoms with Crippen molar-refractivity contribution in [2.45, 2.75) is 0 Å². The predicted octanol–water partition coefficient (Wildman–Crippen LogP) is 16.4. The van der Waals surface area contributed by atoms with Crippen LogP contribution in [-0.4, -0.2) is 0 Å². The first-order valence-electron chi connectivity index (χ1n) is 20.3. The third-order valence-electron chi connectivity index (χ3n) is 11.8. The van der Waals surface area contributed by atoms with Crippen LogP contribution >= 0.6 is 0 Å². The summed E-state index contributed by atoms with van der Waals surface area (Å²) < 4.78 is 0. The van der Waals surface area contributed by atoms with Crippen molar-refractivity contribution in [2.75, 3.05) is 4.90 Å². The summed E-state index contributed by atoms with van der Waals surface area (Å²) in [6, 6.07) is 86.3. The van der Waals surface area contributed by atoms with Gasteiger partial charge < -0.3 is 4.90 Å². The van der Waals surface area contributed by atoms with Crippen LogP contribution in [0.4, 0.5) is 17.1 Å². The maximum absolute atomic E-state index is 2.39. The average molecular weight is 750 g/mol. The molecule has 0 unspecified atom stereocenters. The molecule has 0 aliphatic heterocycles. The summed E-state index contributed by atoms with van der Waals surface area (Å²) in [5, 5.41) is 10.1. The molecular weight excluding hydrogens is 711 g/mol. The van der Waals surface area contributed by atoms with E-state index < -0.39 is 0 Å². The van der Waals surface area contributed by atoms with Crippen molar-refractivity contribution in [3.05, 3.63) is 237 Å². The van der Waals surface area contributed by atoms with E-state index in [1.165, 1.54) is 87.6 Å². The number of benzene rings is 11. The second-order valence-electron chi connectivity index (χ2n) is 15.3. The van der Waals surface area contributed by atoms with Gasteiger partial charge in [-0.15, -0.1) is 0 Å². The molecule has 0 aliphatic rings. The van der Waals surface area contributed by atoms with Crippen LogP contribution in [0, 0.1) is 0 Å². The third-order valence-corrected chi connectivity index (χ3v) is 11.8. The first kappa shape index (κ1) is 34.5. The lowest BCUT2D eigenvalue weighted by atomic mass is 9.92. The molecule has 11 aromatic rings. The molecule has 0 saturated carbocycles. The van der Waals surface area contributed by atoms with Gasteiger partial charge in [-0.1, -0.05) is 188 Å². The zero-order valence-corrected chi connectivity index (χ0v) is 32.5. The van der Waals surface area contributed by atoms with Crippen molar-refractivity contribution in [3.63, 3.8) is 0 Å². The molecule has 0 heterocycles. The molecule has 0 aromatic heterocycles. The Balaban J connectivity index is 1.05. The summed E-state index contributed by atoms with van der Waals surface area (Å²) in [6.45, 7) is 0. The van der Waals surface area contributed by atoms with Gasteiger partial charge in [-0.3, -0.25) is 0 Å². The maximum atomic E-state index is 2.39. The van der Waals surface area contributed by atoms with Crippen molar-refractivity contribution in [1.29, 1.82) is 0 Å². The average Bonchev–Trinajstić information content (AvgIpc) is 3.32. The van der Waals surface area contributed by atoms with Crippen molar-refractivity contribution in [2.24, 2.45) is 0 Å². The molecule has 0 fully saturated rings. The van der Waals surface area contributed by atoms with Crippen LogP contribution in [0.2, 0.25) is 0 Å². The van der Waals surface area contributed by atoms with Crippen LogP contribution in [-0.2, 0) is 0 Å². The normalized spacial score (nSPS) is 11.4. The number of nitrogens with zero attached hydrogens (tertiary/aromatic N) is 1. The van der Waals surface area contributed by atoms with E-state index in [0.717, 1.165) is 17.1 Å². The first-order chi connectivity index (χ1) is 29.2. The molecule has 59 heavy (non-hydrogen) atoms. The Labute approximate surface area is 344 Å². The third kappa shape index (κ3) is 6.40. The Morgan fingerprint density at radius 1 is 0.220 bits per heavy atom. The fourth-order valence-electron chi connectivity index (χ4n) is 8.83. The summed E-state index contributed by atoms with van der Waals surface area (Å²) in [7, 11) is 0. The second-order valence-corrected chi connectivity index (χ2v) is 15.3. The molecule has 1 nitrogen and oxygen atoms in total. The largest absolute Gasteiger partial charge is 0.310 e. The van der Waals surface area contributed by atoms with E-state index in [9.17, 15) is 0 Å². The van der Waals surface area contributed by atoms with Gasteiger partial charge in [-0.2, -0.15) is 0 Å². The molecule has 11 aromatic carbocycles. The smallest absolute Gasteiger partial charge is 0.0468 e. The molecule has 0 N–H and O–H groups in total. The summed E-state index contributed by atoms with van der Waals surface area (Å²) >= 11 is 0. The van der Waals surface area contributed by atoms with Crippen LogP contribution in [0.25, 0.3) is 87.6 Å². The molecular formula is C58H39N. The van der Waals surface area contributed by atoms with Crippen molar-refractivity contribution in [1.82, 2.24) is 0 Å². The van der Waals surface area contributed by atoms with Gasteiger partial charge in [0.2, 0.25) is 0 Å². The van der Waals surface area contributed by atoms with Crippen LogP contribution in [0.1, 0.15) is 0 Å². The monoisotopic (exact) mass is 749 g/mol. The van der Waals surface area contributed by atoms with E-state index in [-0.39, 0.29) is 0 Å². The van der Waals surface area contributed by atoms with Crippen molar-refractivity contribution in [3.8, 4) is 44.5 Å². The summed E-state index contributed by atoms with van der Waals surface area (Å²) in [6.07, 6.45) is 0. The molecule has 0 bridgehead atoms. The fourth-order valence-corrected chi connectivity index (χ4v) is 8.83. The highest BCUT2D eigenvalue weighted by molar-refractivity contribution is 6.20. The van der Waals surface area contributed by atoms with E-state index in [2.05, 4.69) is 241 Å². The Hall–Kier alpha value is -7.74. The molecule has 0 atom stereocenters. The van der Waals surface area contributed by atoms with Gasteiger partial charge in [0.15, 0.2) is 0 Å². The first-order valence-corrected chi connectivity index (χ1v) is 20.3.